The fourth-order valence-electron chi connectivity index (χ4n) is 9.40. The van der Waals surface area contributed by atoms with E-state index in [9.17, 15) is 19.1 Å². The summed E-state index contributed by atoms with van der Waals surface area (Å²) in [6, 6.07) is 6.76. The summed E-state index contributed by atoms with van der Waals surface area (Å²) in [5.41, 5.74) is -2.16. The van der Waals surface area contributed by atoms with Gasteiger partial charge in [-0.3, -0.25) is 14.4 Å². The van der Waals surface area contributed by atoms with E-state index in [1.165, 1.54) is 12.2 Å². The number of carbonyl (C=O) groups excluding carboxylic acids is 2. The summed E-state index contributed by atoms with van der Waals surface area (Å²) in [6.07, 6.45) is 3.48. The van der Waals surface area contributed by atoms with Gasteiger partial charge in [-0.2, -0.15) is 5.06 Å². The lowest BCUT2D eigenvalue weighted by molar-refractivity contribution is -0.266. The number of hydrogen-bond acceptors (Lipinski definition) is 7. The molecule has 1 aliphatic heterocycles. The Labute approximate surface area is 238 Å². The molecule has 4 aliphatic carbocycles. The van der Waals surface area contributed by atoms with Crippen LogP contribution in [0.5, 0.6) is 5.75 Å². The average molecular weight is 574 g/mol. The first kappa shape index (κ1) is 28.1. The molecule has 0 radical (unpaired) electrons. The second-order valence-corrected chi connectivity index (χ2v) is 13.8. The van der Waals surface area contributed by atoms with Crippen LogP contribution in [0.15, 0.2) is 48.1 Å². The van der Waals surface area contributed by atoms with Gasteiger partial charge >= 0.3 is 0 Å². The minimum absolute atomic E-state index is 0.166. The minimum Gasteiger partial charge on any atom is -0.497 e. The molecule has 1 N–H and O–H groups in total. The largest absolute Gasteiger partial charge is 0.497 e. The normalized spacial score (nSPS) is 43.9. The number of aliphatic hydroxyl groups excluding tert-OH is 1. The van der Waals surface area contributed by atoms with Gasteiger partial charge in [-0.05, 0) is 66.0 Å². The molecule has 216 valence electrons. The van der Waals surface area contributed by atoms with Crippen molar-refractivity contribution in [3.63, 3.8) is 0 Å². The van der Waals surface area contributed by atoms with E-state index < -0.39 is 40.1 Å². The van der Waals surface area contributed by atoms with Crippen LogP contribution >= 0.6 is 11.8 Å². The van der Waals surface area contributed by atoms with Crippen LogP contribution in [0.3, 0.4) is 0 Å². The summed E-state index contributed by atoms with van der Waals surface area (Å²) in [4.78, 5) is 32.8. The van der Waals surface area contributed by atoms with Crippen LogP contribution in [-0.4, -0.2) is 58.6 Å². The van der Waals surface area contributed by atoms with Crippen molar-refractivity contribution < 1.29 is 33.1 Å². The number of thioether (sulfide) groups is 1. The van der Waals surface area contributed by atoms with Crippen molar-refractivity contribution in [1.82, 2.24) is 5.06 Å². The number of aliphatic hydroxyl groups is 1. The van der Waals surface area contributed by atoms with Crippen molar-refractivity contribution in [1.29, 1.82) is 0 Å². The van der Waals surface area contributed by atoms with Crippen LogP contribution in [0.1, 0.15) is 45.6 Å². The lowest BCUT2D eigenvalue weighted by Crippen LogP contribution is -2.66. The highest BCUT2D eigenvalue weighted by atomic mass is 32.2. The molecule has 6 rings (SSSR count). The third-order valence-electron chi connectivity index (χ3n) is 11.3. The number of carbonyl (C=O) groups is 2. The van der Waals surface area contributed by atoms with Gasteiger partial charge in [-0.15, -0.1) is 0 Å². The number of nitrogens with zero attached hydrogens (tertiary/aromatic N) is 1. The second kappa shape index (κ2) is 9.48. The molecule has 9 heteroatoms. The van der Waals surface area contributed by atoms with E-state index in [0.29, 0.717) is 36.8 Å². The number of hydrogen-bond donors (Lipinski definition) is 1. The van der Waals surface area contributed by atoms with Gasteiger partial charge in [-0.25, -0.2) is 8.78 Å². The van der Waals surface area contributed by atoms with E-state index in [1.54, 1.807) is 18.2 Å². The van der Waals surface area contributed by atoms with Gasteiger partial charge in [0.15, 0.2) is 11.4 Å². The van der Waals surface area contributed by atoms with Crippen LogP contribution in [0, 0.1) is 34.0 Å². The van der Waals surface area contributed by atoms with Gasteiger partial charge in [0.2, 0.25) is 5.12 Å². The number of ether oxygens (including phenoxy) is 1. The minimum atomic E-state index is -1.35. The fraction of sp³-hybridized carbons (Fsp3) is 0.613. The Balaban J connectivity index is 1.39. The Morgan fingerprint density at radius 3 is 2.62 bits per heavy atom. The van der Waals surface area contributed by atoms with Crippen LogP contribution < -0.4 is 4.74 Å². The number of allylic oxidation sites excluding steroid dienone is 4. The van der Waals surface area contributed by atoms with E-state index in [-0.39, 0.29) is 41.5 Å². The van der Waals surface area contributed by atoms with Gasteiger partial charge < -0.3 is 9.84 Å². The molecule has 40 heavy (non-hydrogen) atoms. The highest BCUT2D eigenvalue weighted by Crippen LogP contribution is 2.76. The second-order valence-electron chi connectivity index (χ2n) is 12.9. The maximum absolute atomic E-state index is 15.9. The summed E-state index contributed by atoms with van der Waals surface area (Å²) >= 11 is 0.624. The Bertz CT molecular complexity index is 1290. The van der Waals surface area contributed by atoms with Gasteiger partial charge in [0.25, 0.3) is 0 Å². The molecule has 0 amide bonds. The average Bonchev–Trinajstić information content (AvgIpc) is 3.35. The molecular weight excluding hydrogens is 536 g/mol. The van der Waals surface area contributed by atoms with E-state index in [4.69, 9.17) is 9.57 Å². The first-order valence-electron chi connectivity index (χ1n) is 14.0. The summed E-state index contributed by atoms with van der Waals surface area (Å²) < 4.78 is 34.9. The lowest BCUT2D eigenvalue weighted by atomic mass is 9.41. The van der Waals surface area contributed by atoms with Crippen molar-refractivity contribution in [2.24, 2.45) is 34.0 Å². The highest BCUT2D eigenvalue weighted by molar-refractivity contribution is 8.13. The van der Waals surface area contributed by atoms with Gasteiger partial charge in [0, 0.05) is 35.8 Å². The summed E-state index contributed by atoms with van der Waals surface area (Å²) in [5, 5.41) is 13.3. The third-order valence-corrected chi connectivity index (χ3v) is 12.0. The maximum atomic E-state index is 15.9. The zero-order chi connectivity index (χ0) is 28.7. The SMILES string of the molecule is COc1ccc(CN2CC3CC4(C)C5CC(F)C6=CC(=O)C=CC6(C)C5C(O)CC4(C)C3(C(=O)SCF)O2)cc1. The van der Waals surface area contributed by atoms with E-state index >= 15 is 4.39 Å². The molecule has 9 unspecified atom stereocenters. The molecule has 6 nitrogen and oxygen atoms in total. The van der Waals surface area contributed by atoms with Gasteiger partial charge in [0.1, 0.15) is 17.9 Å². The van der Waals surface area contributed by atoms with Crippen LogP contribution in [0.25, 0.3) is 0 Å². The Morgan fingerprint density at radius 1 is 1.23 bits per heavy atom. The summed E-state index contributed by atoms with van der Waals surface area (Å²) in [5.74, 6) is -0.317. The number of alkyl halides is 2. The van der Waals surface area contributed by atoms with Crippen molar-refractivity contribution in [3.05, 3.63) is 53.6 Å². The van der Waals surface area contributed by atoms with Crippen LogP contribution in [-0.2, 0) is 21.0 Å². The fourth-order valence-corrected chi connectivity index (χ4v) is 10.1. The first-order chi connectivity index (χ1) is 18.9. The monoisotopic (exact) mass is 573 g/mol. The number of hydroxylamine groups is 2. The number of methoxy groups -OCH3 is 1. The quantitative estimate of drug-likeness (QED) is 0.518. The molecule has 1 aromatic carbocycles. The van der Waals surface area contributed by atoms with Crippen molar-refractivity contribution in [2.45, 2.75) is 64.5 Å². The third kappa shape index (κ3) is 3.63. The molecule has 9 atom stereocenters. The molecule has 5 aliphatic rings. The zero-order valence-electron chi connectivity index (χ0n) is 23.4. The molecule has 1 aromatic rings. The van der Waals surface area contributed by atoms with Crippen LogP contribution in [0.4, 0.5) is 8.78 Å². The molecule has 0 bridgehead atoms. The molecule has 1 heterocycles. The van der Waals surface area contributed by atoms with E-state index in [0.717, 1.165) is 11.3 Å². The summed E-state index contributed by atoms with van der Waals surface area (Å²) in [7, 11) is 1.61. The van der Waals surface area contributed by atoms with Crippen molar-refractivity contribution in [3.8, 4) is 5.75 Å². The van der Waals surface area contributed by atoms with Gasteiger partial charge in [-0.1, -0.05) is 50.7 Å². The number of fused-ring (bicyclic) bond motifs is 7. The first-order valence-corrected chi connectivity index (χ1v) is 15.0. The van der Waals surface area contributed by atoms with Crippen molar-refractivity contribution in [2.75, 3.05) is 19.7 Å². The van der Waals surface area contributed by atoms with E-state index in [2.05, 4.69) is 6.92 Å². The number of halogens is 2. The molecular formula is C31H37F2NO5S. The highest BCUT2D eigenvalue weighted by Gasteiger charge is 2.80. The maximum Gasteiger partial charge on any atom is 0.226 e. The predicted molar refractivity (Wildman–Crippen MR) is 148 cm³/mol. The Kier molecular flexibility index (Phi) is 6.65. The molecule has 0 spiro atoms. The van der Waals surface area contributed by atoms with Crippen molar-refractivity contribution >= 4 is 22.7 Å². The zero-order valence-corrected chi connectivity index (χ0v) is 24.2. The molecule has 3 saturated carbocycles. The molecule has 1 saturated heterocycles. The predicted octanol–water partition coefficient (Wildman–Crippen LogP) is 5.21. The number of rotatable bonds is 5. The smallest absolute Gasteiger partial charge is 0.226 e. The standard InChI is InChI=1S/C31H37F2NO5S/c1-28-10-9-20(35)11-22(28)24(33)12-23-26(28)25(36)14-30(3)29(23,2)13-19-16-34(39-31(19,30)27(37)40-17-32)15-18-5-7-21(38-4)8-6-18/h5-11,19,23-26,36H,12-17H2,1-4H3. The Hall–Kier alpha value is -2.07. The van der Waals surface area contributed by atoms with E-state index in [1.807, 2.05) is 38.1 Å². The topological polar surface area (TPSA) is 76.1 Å². The summed E-state index contributed by atoms with van der Waals surface area (Å²) in [6.45, 7) is 6.93. The number of ketones is 1. The lowest BCUT2D eigenvalue weighted by Gasteiger charge is -2.64. The molecule has 4 fully saturated rings. The molecule has 0 aromatic heterocycles. The van der Waals surface area contributed by atoms with Gasteiger partial charge in [0.05, 0.1) is 13.2 Å². The van der Waals surface area contributed by atoms with Crippen LogP contribution in [0.2, 0.25) is 0 Å². The number of benzene rings is 1. The Morgan fingerprint density at radius 2 is 1.95 bits per heavy atom.